The Bertz CT molecular complexity index is 906. The van der Waals surface area contributed by atoms with Crippen molar-refractivity contribution in [2.45, 2.75) is 32.0 Å². The van der Waals surface area contributed by atoms with E-state index in [1.54, 1.807) is 25.1 Å². The van der Waals surface area contributed by atoms with Gasteiger partial charge in [0, 0.05) is 29.9 Å². The van der Waals surface area contributed by atoms with E-state index in [1.165, 1.54) is 12.1 Å². The summed E-state index contributed by atoms with van der Waals surface area (Å²) in [6.07, 6.45) is -3.01. The summed E-state index contributed by atoms with van der Waals surface area (Å²) in [5, 5.41) is 0. The Morgan fingerprint density at radius 1 is 1.24 bits per heavy atom. The summed E-state index contributed by atoms with van der Waals surface area (Å²) in [6.45, 7) is 3.26. The van der Waals surface area contributed by atoms with Crippen molar-refractivity contribution in [2.24, 2.45) is 5.92 Å². The molecule has 0 spiro atoms. The Kier molecular flexibility index (Phi) is 5.25. The van der Waals surface area contributed by atoms with E-state index >= 15 is 0 Å². The van der Waals surface area contributed by atoms with Crippen LogP contribution >= 0.6 is 0 Å². The first-order valence-electron chi connectivity index (χ1n) is 9.72. The van der Waals surface area contributed by atoms with Crippen LogP contribution in [0.5, 0.6) is 0 Å². The van der Waals surface area contributed by atoms with Gasteiger partial charge >= 0.3 is 12.1 Å². The Morgan fingerprint density at radius 2 is 2.07 bits per heavy atom. The predicted molar refractivity (Wildman–Crippen MR) is 102 cm³/mol. The first-order valence-corrected chi connectivity index (χ1v) is 9.72. The van der Waals surface area contributed by atoms with Crippen LogP contribution in [0.25, 0.3) is 0 Å². The summed E-state index contributed by atoms with van der Waals surface area (Å²) in [6, 6.07) is 10.9. The van der Waals surface area contributed by atoms with Crippen LogP contribution in [0.15, 0.2) is 42.5 Å². The summed E-state index contributed by atoms with van der Waals surface area (Å²) in [5.74, 6) is -0.204. The molecule has 7 heteroatoms. The molecule has 29 heavy (non-hydrogen) atoms. The van der Waals surface area contributed by atoms with Crippen molar-refractivity contribution in [3.8, 4) is 0 Å². The minimum absolute atomic E-state index is 0.0200. The summed E-state index contributed by atoms with van der Waals surface area (Å²) < 4.78 is 50.2. The minimum atomic E-state index is -4.38. The van der Waals surface area contributed by atoms with Crippen LogP contribution in [0, 0.1) is 5.92 Å². The fraction of sp³-hybridized carbons (Fsp3) is 0.409. The Morgan fingerprint density at radius 3 is 2.76 bits per heavy atom. The molecule has 0 aromatic heterocycles. The topological polar surface area (TPSA) is 38.8 Å². The fourth-order valence-electron chi connectivity index (χ4n) is 4.22. The molecule has 154 valence electrons. The highest BCUT2D eigenvalue weighted by Crippen LogP contribution is 2.44. The Hall–Kier alpha value is -2.54. The molecular weight excluding hydrogens is 383 g/mol. The third-order valence-corrected chi connectivity index (χ3v) is 5.57. The average molecular weight is 405 g/mol. The molecule has 2 unspecified atom stereocenters. The molecular formula is C22H22F3NO3. The van der Waals surface area contributed by atoms with E-state index in [4.69, 9.17) is 9.47 Å². The smallest absolute Gasteiger partial charge is 0.416 e. The number of fused-ring (bicyclic) bond motifs is 1. The zero-order valence-electron chi connectivity index (χ0n) is 16.0. The fourth-order valence-corrected chi connectivity index (χ4v) is 4.22. The van der Waals surface area contributed by atoms with Crippen LogP contribution in [0.4, 0.5) is 24.5 Å². The lowest BCUT2D eigenvalue weighted by atomic mass is 9.94. The molecule has 4 nitrogen and oxygen atoms in total. The number of carbonyl (C=O) groups is 1. The number of halogens is 3. The van der Waals surface area contributed by atoms with E-state index in [9.17, 15) is 18.0 Å². The SMILES string of the molecule is CCOC(=O)c1cccc(N2c3ccc(C(F)(F)F)cc3CC2C2CCOC2)c1. The van der Waals surface area contributed by atoms with Crippen molar-refractivity contribution >= 4 is 17.3 Å². The van der Waals surface area contributed by atoms with Crippen molar-refractivity contribution in [1.82, 2.24) is 0 Å². The van der Waals surface area contributed by atoms with Gasteiger partial charge in [0.2, 0.25) is 0 Å². The summed E-state index contributed by atoms with van der Waals surface area (Å²) in [4.78, 5) is 14.2. The van der Waals surface area contributed by atoms with Gasteiger partial charge in [0.1, 0.15) is 0 Å². The molecule has 0 saturated carbocycles. The van der Waals surface area contributed by atoms with Crippen LogP contribution in [0.2, 0.25) is 0 Å². The molecule has 2 aliphatic heterocycles. The molecule has 2 aliphatic rings. The first-order chi connectivity index (χ1) is 13.9. The van der Waals surface area contributed by atoms with E-state index in [2.05, 4.69) is 4.90 Å². The highest BCUT2D eigenvalue weighted by atomic mass is 19.4. The van der Waals surface area contributed by atoms with Gasteiger partial charge < -0.3 is 14.4 Å². The van der Waals surface area contributed by atoms with Crippen molar-refractivity contribution in [2.75, 3.05) is 24.7 Å². The zero-order chi connectivity index (χ0) is 20.6. The molecule has 0 N–H and O–H groups in total. The molecule has 2 atom stereocenters. The highest BCUT2D eigenvalue weighted by molar-refractivity contribution is 5.91. The van der Waals surface area contributed by atoms with Crippen LogP contribution < -0.4 is 4.90 Å². The summed E-state index contributed by atoms with van der Waals surface area (Å²) in [5.41, 5.74) is 1.96. The second-order valence-corrected chi connectivity index (χ2v) is 7.38. The number of alkyl halides is 3. The van der Waals surface area contributed by atoms with E-state index in [1.807, 2.05) is 6.07 Å². The van der Waals surface area contributed by atoms with E-state index in [0.29, 0.717) is 30.8 Å². The van der Waals surface area contributed by atoms with Crippen molar-refractivity contribution in [3.05, 3.63) is 59.2 Å². The Balaban J connectivity index is 1.75. The molecule has 2 aromatic rings. The van der Waals surface area contributed by atoms with E-state index < -0.39 is 17.7 Å². The third-order valence-electron chi connectivity index (χ3n) is 5.57. The summed E-state index contributed by atoms with van der Waals surface area (Å²) >= 11 is 0. The minimum Gasteiger partial charge on any atom is -0.462 e. The molecule has 0 radical (unpaired) electrons. The van der Waals surface area contributed by atoms with Gasteiger partial charge in [0.15, 0.2) is 0 Å². The number of benzene rings is 2. The number of hydrogen-bond acceptors (Lipinski definition) is 4. The maximum Gasteiger partial charge on any atom is 0.416 e. The van der Waals surface area contributed by atoms with Crippen LogP contribution in [0.3, 0.4) is 0 Å². The number of anilines is 2. The molecule has 2 heterocycles. The largest absolute Gasteiger partial charge is 0.462 e. The van der Waals surface area contributed by atoms with Crippen molar-refractivity contribution < 1.29 is 27.4 Å². The second-order valence-electron chi connectivity index (χ2n) is 7.38. The van der Waals surface area contributed by atoms with E-state index in [-0.39, 0.29) is 18.6 Å². The van der Waals surface area contributed by atoms with Gasteiger partial charge in [-0.05, 0) is 61.7 Å². The highest BCUT2D eigenvalue weighted by Gasteiger charge is 2.39. The lowest BCUT2D eigenvalue weighted by Gasteiger charge is -2.31. The predicted octanol–water partition coefficient (Wildman–Crippen LogP) is 4.98. The van der Waals surface area contributed by atoms with Crippen molar-refractivity contribution in [3.63, 3.8) is 0 Å². The maximum absolute atomic E-state index is 13.2. The standard InChI is InChI=1S/C22H22F3NO3/c1-2-29-21(27)14-4-3-5-18(11-14)26-19-7-6-17(22(23,24)25)10-16(19)12-20(26)15-8-9-28-13-15/h3-7,10-11,15,20H,2,8-9,12-13H2,1H3. The van der Waals surface area contributed by atoms with Gasteiger partial charge in [0.25, 0.3) is 0 Å². The number of rotatable bonds is 4. The second kappa shape index (κ2) is 7.71. The van der Waals surface area contributed by atoms with Gasteiger partial charge in [-0.25, -0.2) is 4.79 Å². The van der Waals surface area contributed by atoms with Gasteiger partial charge in [-0.15, -0.1) is 0 Å². The lowest BCUT2D eigenvalue weighted by molar-refractivity contribution is -0.137. The van der Waals surface area contributed by atoms with Crippen LogP contribution in [0.1, 0.15) is 34.8 Å². The third kappa shape index (κ3) is 3.83. The summed E-state index contributed by atoms with van der Waals surface area (Å²) in [7, 11) is 0. The molecule has 4 rings (SSSR count). The number of esters is 1. The van der Waals surface area contributed by atoms with Gasteiger partial charge in [0.05, 0.1) is 24.3 Å². The molecule has 0 aliphatic carbocycles. The number of ether oxygens (including phenoxy) is 2. The maximum atomic E-state index is 13.2. The first kappa shape index (κ1) is 19.8. The monoisotopic (exact) mass is 405 g/mol. The molecule has 0 amide bonds. The van der Waals surface area contributed by atoms with Crippen LogP contribution in [-0.4, -0.2) is 31.8 Å². The van der Waals surface area contributed by atoms with Crippen LogP contribution in [-0.2, 0) is 22.1 Å². The van der Waals surface area contributed by atoms with Gasteiger partial charge in [-0.1, -0.05) is 6.07 Å². The quantitative estimate of drug-likeness (QED) is 0.673. The van der Waals surface area contributed by atoms with Crippen molar-refractivity contribution in [1.29, 1.82) is 0 Å². The lowest BCUT2D eigenvalue weighted by Crippen LogP contribution is -2.35. The zero-order valence-corrected chi connectivity index (χ0v) is 16.0. The van der Waals surface area contributed by atoms with Gasteiger partial charge in [-0.3, -0.25) is 0 Å². The number of nitrogens with zero attached hydrogens (tertiary/aromatic N) is 1. The molecule has 1 saturated heterocycles. The van der Waals surface area contributed by atoms with E-state index in [0.717, 1.165) is 23.9 Å². The number of hydrogen-bond donors (Lipinski definition) is 0. The Labute approximate surface area is 167 Å². The average Bonchev–Trinajstić information content (AvgIpc) is 3.34. The molecule has 1 fully saturated rings. The number of carbonyl (C=O) groups excluding carboxylic acids is 1. The molecule has 0 bridgehead atoms. The molecule has 2 aromatic carbocycles. The van der Waals surface area contributed by atoms with Gasteiger partial charge in [-0.2, -0.15) is 13.2 Å². The normalized spacial score (nSPS) is 21.3.